The fraction of sp³-hybridized carbons (Fsp3) is 0.188. The van der Waals surface area contributed by atoms with E-state index < -0.39 is 5.38 Å². The van der Waals surface area contributed by atoms with Gasteiger partial charge in [0.15, 0.2) is 0 Å². The Morgan fingerprint density at radius 2 is 1.70 bits per heavy atom. The Morgan fingerprint density at radius 3 is 2.40 bits per heavy atom. The molecule has 20 heavy (non-hydrogen) atoms. The van der Waals surface area contributed by atoms with Gasteiger partial charge in [-0.1, -0.05) is 36.4 Å². The summed E-state index contributed by atoms with van der Waals surface area (Å²) in [5, 5.41) is -0.550. The summed E-state index contributed by atoms with van der Waals surface area (Å²) in [6.07, 6.45) is 0. The van der Waals surface area contributed by atoms with Gasteiger partial charge in [-0.15, -0.1) is 11.6 Å². The van der Waals surface area contributed by atoms with Crippen LogP contribution in [0.25, 0.3) is 0 Å². The van der Waals surface area contributed by atoms with Gasteiger partial charge in [-0.25, -0.2) is 0 Å². The third-order valence-corrected chi connectivity index (χ3v) is 3.95. The van der Waals surface area contributed by atoms with Gasteiger partial charge in [0, 0.05) is 11.3 Å². The number of anilines is 1. The molecule has 0 N–H and O–H groups in total. The largest absolute Gasteiger partial charge is 0.496 e. The molecular formula is C16H14ClNO2. The van der Waals surface area contributed by atoms with Crippen LogP contribution in [0, 0.1) is 0 Å². The normalized spacial score (nSPS) is 21.5. The molecule has 0 radical (unpaired) electrons. The van der Waals surface area contributed by atoms with Crippen LogP contribution in [0.5, 0.6) is 5.75 Å². The number of β-lactam (4-membered cyclic amide) rings is 1. The Morgan fingerprint density at radius 1 is 1.05 bits per heavy atom. The van der Waals surface area contributed by atoms with E-state index in [4.69, 9.17) is 16.3 Å². The van der Waals surface area contributed by atoms with Gasteiger partial charge in [0.2, 0.25) is 5.91 Å². The molecule has 4 heteroatoms. The van der Waals surface area contributed by atoms with Crippen molar-refractivity contribution < 1.29 is 9.53 Å². The maximum atomic E-state index is 12.1. The lowest BCUT2D eigenvalue weighted by molar-refractivity contribution is -0.123. The molecule has 1 aliphatic rings. The third kappa shape index (κ3) is 1.95. The molecule has 0 saturated carbocycles. The van der Waals surface area contributed by atoms with Gasteiger partial charge in [0.05, 0.1) is 13.2 Å². The Balaban J connectivity index is 2.01. The maximum absolute atomic E-state index is 12.1. The molecule has 1 aliphatic heterocycles. The van der Waals surface area contributed by atoms with Gasteiger partial charge in [0.25, 0.3) is 0 Å². The zero-order valence-electron chi connectivity index (χ0n) is 11.0. The van der Waals surface area contributed by atoms with E-state index in [0.717, 1.165) is 17.0 Å². The standard InChI is InChI=1S/C16H14ClNO2/c1-20-13-10-6-5-9-12(13)15-14(17)16(19)18(15)11-7-3-2-4-8-11/h2-10,14-15H,1H3/t14-,15+/m1/s1. The van der Waals surface area contributed by atoms with Crippen LogP contribution in [-0.2, 0) is 4.79 Å². The minimum absolute atomic E-state index is 0.0752. The number of hydrogen-bond acceptors (Lipinski definition) is 2. The average molecular weight is 288 g/mol. The van der Waals surface area contributed by atoms with Crippen molar-refractivity contribution in [3.8, 4) is 5.75 Å². The number of amides is 1. The number of carbonyl (C=O) groups excluding carboxylic acids is 1. The van der Waals surface area contributed by atoms with Crippen LogP contribution < -0.4 is 9.64 Å². The summed E-state index contributed by atoms with van der Waals surface area (Å²) in [6.45, 7) is 0. The highest BCUT2D eigenvalue weighted by Gasteiger charge is 2.48. The molecule has 0 spiro atoms. The quantitative estimate of drug-likeness (QED) is 0.640. The van der Waals surface area contributed by atoms with Crippen molar-refractivity contribution in [2.24, 2.45) is 0 Å². The first-order chi connectivity index (χ1) is 9.74. The number of alkyl halides is 1. The van der Waals surface area contributed by atoms with Crippen LogP contribution in [0.4, 0.5) is 5.69 Å². The van der Waals surface area contributed by atoms with Crippen molar-refractivity contribution in [3.63, 3.8) is 0 Å². The number of para-hydroxylation sites is 2. The molecule has 1 fully saturated rings. The van der Waals surface area contributed by atoms with Crippen LogP contribution in [0.3, 0.4) is 0 Å². The van der Waals surface area contributed by atoms with E-state index in [2.05, 4.69) is 0 Å². The van der Waals surface area contributed by atoms with Gasteiger partial charge in [-0.3, -0.25) is 4.79 Å². The fourth-order valence-corrected chi connectivity index (χ4v) is 2.89. The lowest BCUT2D eigenvalue weighted by atomic mass is 9.91. The van der Waals surface area contributed by atoms with Crippen molar-refractivity contribution in [1.29, 1.82) is 0 Å². The Bertz CT molecular complexity index is 629. The van der Waals surface area contributed by atoms with Gasteiger partial charge in [-0.05, 0) is 18.2 Å². The zero-order chi connectivity index (χ0) is 14.1. The predicted octanol–water partition coefficient (Wildman–Crippen LogP) is 3.39. The highest BCUT2D eigenvalue weighted by Crippen LogP contribution is 2.44. The number of benzene rings is 2. The Hall–Kier alpha value is -2.00. The van der Waals surface area contributed by atoms with Crippen molar-refractivity contribution in [3.05, 3.63) is 60.2 Å². The first-order valence-electron chi connectivity index (χ1n) is 6.39. The monoisotopic (exact) mass is 287 g/mol. The van der Waals surface area contributed by atoms with E-state index in [9.17, 15) is 4.79 Å². The number of nitrogens with zero attached hydrogens (tertiary/aromatic N) is 1. The van der Waals surface area contributed by atoms with Gasteiger partial charge < -0.3 is 9.64 Å². The molecule has 0 aliphatic carbocycles. The molecule has 0 bridgehead atoms. The second-order valence-corrected chi connectivity index (χ2v) is 5.10. The minimum Gasteiger partial charge on any atom is -0.496 e. The predicted molar refractivity (Wildman–Crippen MR) is 79.3 cm³/mol. The highest BCUT2D eigenvalue weighted by atomic mass is 35.5. The summed E-state index contributed by atoms with van der Waals surface area (Å²) in [5.74, 6) is 0.672. The minimum atomic E-state index is -0.550. The molecule has 1 amide bonds. The molecule has 1 saturated heterocycles. The van der Waals surface area contributed by atoms with Gasteiger partial charge in [-0.2, -0.15) is 0 Å². The topological polar surface area (TPSA) is 29.5 Å². The van der Waals surface area contributed by atoms with Crippen LogP contribution in [0.15, 0.2) is 54.6 Å². The second kappa shape index (κ2) is 5.17. The number of methoxy groups -OCH3 is 1. The van der Waals surface area contributed by atoms with Gasteiger partial charge >= 0.3 is 0 Å². The number of hydrogen-bond donors (Lipinski definition) is 0. The fourth-order valence-electron chi connectivity index (χ4n) is 2.54. The van der Waals surface area contributed by atoms with E-state index in [1.807, 2.05) is 54.6 Å². The Kier molecular flexibility index (Phi) is 3.36. The molecule has 102 valence electrons. The van der Waals surface area contributed by atoms with Crippen molar-refractivity contribution >= 4 is 23.2 Å². The first kappa shape index (κ1) is 13.0. The molecule has 0 aromatic heterocycles. The SMILES string of the molecule is COc1ccccc1[C@H]1[C@@H](Cl)C(=O)N1c1ccccc1. The summed E-state index contributed by atoms with van der Waals surface area (Å²) in [5.41, 5.74) is 1.78. The summed E-state index contributed by atoms with van der Waals surface area (Å²) >= 11 is 6.23. The molecule has 2 atom stereocenters. The van der Waals surface area contributed by atoms with Crippen molar-refractivity contribution in [1.82, 2.24) is 0 Å². The molecule has 2 aromatic rings. The number of rotatable bonds is 3. The lowest BCUT2D eigenvalue weighted by Gasteiger charge is -2.44. The summed E-state index contributed by atoms with van der Waals surface area (Å²) in [6, 6.07) is 17.0. The molecule has 1 heterocycles. The van der Waals surface area contributed by atoms with Gasteiger partial charge in [0.1, 0.15) is 11.1 Å². The summed E-state index contributed by atoms with van der Waals surface area (Å²) in [4.78, 5) is 13.8. The molecule has 3 rings (SSSR count). The number of carbonyl (C=O) groups is 1. The number of ether oxygens (including phenoxy) is 1. The maximum Gasteiger partial charge on any atom is 0.248 e. The lowest BCUT2D eigenvalue weighted by Crippen LogP contribution is -2.56. The van der Waals surface area contributed by atoms with Crippen molar-refractivity contribution in [2.45, 2.75) is 11.4 Å². The third-order valence-electron chi connectivity index (χ3n) is 3.52. The molecule has 3 nitrogen and oxygen atoms in total. The van der Waals surface area contributed by atoms with E-state index in [0.29, 0.717) is 0 Å². The van der Waals surface area contributed by atoms with Crippen LogP contribution in [0.2, 0.25) is 0 Å². The molecular weight excluding hydrogens is 274 g/mol. The van der Waals surface area contributed by atoms with E-state index in [1.165, 1.54) is 0 Å². The van der Waals surface area contributed by atoms with E-state index in [-0.39, 0.29) is 11.9 Å². The summed E-state index contributed by atoms with van der Waals surface area (Å²) in [7, 11) is 1.62. The zero-order valence-corrected chi connectivity index (χ0v) is 11.7. The number of halogens is 1. The average Bonchev–Trinajstić information content (AvgIpc) is 2.52. The smallest absolute Gasteiger partial charge is 0.248 e. The molecule has 2 aromatic carbocycles. The van der Waals surface area contributed by atoms with Crippen LogP contribution >= 0.6 is 11.6 Å². The van der Waals surface area contributed by atoms with Crippen LogP contribution in [-0.4, -0.2) is 18.4 Å². The van der Waals surface area contributed by atoms with E-state index >= 15 is 0 Å². The Labute approximate surface area is 122 Å². The molecule has 0 unspecified atom stereocenters. The summed E-state index contributed by atoms with van der Waals surface area (Å²) < 4.78 is 5.37. The first-order valence-corrected chi connectivity index (χ1v) is 6.83. The second-order valence-electron chi connectivity index (χ2n) is 4.63. The highest BCUT2D eigenvalue weighted by molar-refractivity contribution is 6.37. The van der Waals surface area contributed by atoms with Crippen molar-refractivity contribution in [2.75, 3.05) is 12.0 Å². The van der Waals surface area contributed by atoms with Crippen LogP contribution in [0.1, 0.15) is 11.6 Å². The van der Waals surface area contributed by atoms with E-state index in [1.54, 1.807) is 12.0 Å².